The highest BCUT2D eigenvalue weighted by atomic mass is 16.3. The quantitative estimate of drug-likeness (QED) is 0.448. The summed E-state index contributed by atoms with van der Waals surface area (Å²) in [5, 5.41) is 10.8. The first-order valence-corrected chi connectivity index (χ1v) is 13.4. The summed E-state index contributed by atoms with van der Waals surface area (Å²) in [7, 11) is 0. The minimum atomic E-state index is -0.123. The van der Waals surface area contributed by atoms with Crippen molar-refractivity contribution in [3.8, 4) is 0 Å². The van der Waals surface area contributed by atoms with Gasteiger partial charge in [0.05, 0.1) is 6.10 Å². The van der Waals surface area contributed by atoms with Crippen LogP contribution in [0.2, 0.25) is 0 Å². The zero-order valence-electron chi connectivity index (χ0n) is 21.7. The van der Waals surface area contributed by atoms with Crippen molar-refractivity contribution in [2.45, 2.75) is 119 Å². The van der Waals surface area contributed by atoms with Crippen molar-refractivity contribution in [2.75, 3.05) is 0 Å². The Labute approximate surface area is 193 Å². The van der Waals surface area contributed by atoms with E-state index in [1.165, 1.54) is 62.5 Å². The predicted octanol–water partition coefficient (Wildman–Crippen LogP) is 8.34. The van der Waals surface area contributed by atoms with Crippen molar-refractivity contribution in [2.24, 2.45) is 45.3 Å². The van der Waals surface area contributed by atoms with Gasteiger partial charge in [-0.2, -0.15) is 0 Å². The Bertz CT molecular complexity index is 742. The zero-order valence-corrected chi connectivity index (χ0v) is 21.7. The summed E-state index contributed by atoms with van der Waals surface area (Å²) in [5.74, 6) is 3.04. The molecule has 0 aliphatic heterocycles. The molecule has 1 N–H and O–H groups in total. The average molecular weight is 427 g/mol. The minimum absolute atomic E-state index is 0.0590. The van der Waals surface area contributed by atoms with E-state index < -0.39 is 0 Å². The third kappa shape index (κ3) is 3.34. The van der Waals surface area contributed by atoms with E-state index in [-0.39, 0.29) is 11.5 Å². The van der Waals surface area contributed by atoms with Crippen molar-refractivity contribution >= 4 is 0 Å². The van der Waals surface area contributed by atoms with Gasteiger partial charge in [-0.25, -0.2) is 0 Å². The molecule has 4 saturated carbocycles. The summed E-state index contributed by atoms with van der Waals surface area (Å²) < 4.78 is 0. The van der Waals surface area contributed by atoms with E-state index in [1.54, 1.807) is 0 Å². The fourth-order valence-electron chi connectivity index (χ4n) is 9.95. The van der Waals surface area contributed by atoms with Gasteiger partial charge < -0.3 is 5.11 Å². The maximum Gasteiger partial charge on any atom is 0.0594 e. The lowest BCUT2D eigenvalue weighted by molar-refractivity contribution is -0.220. The van der Waals surface area contributed by atoms with Crippen molar-refractivity contribution in [1.29, 1.82) is 0 Å². The van der Waals surface area contributed by atoms with Crippen LogP contribution in [-0.2, 0) is 0 Å². The molecule has 0 aromatic heterocycles. The first-order chi connectivity index (χ1) is 14.4. The second kappa shape index (κ2) is 7.75. The summed E-state index contributed by atoms with van der Waals surface area (Å²) in [6.07, 6.45) is 15.0. The van der Waals surface area contributed by atoms with Gasteiger partial charge in [0.2, 0.25) is 0 Å². The molecule has 4 fully saturated rings. The Kier molecular flexibility index (Phi) is 5.90. The number of aliphatic hydroxyl groups is 1. The molecule has 0 amide bonds. The van der Waals surface area contributed by atoms with Crippen molar-refractivity contribution in [1.82, 2.24) is 0 Å². The lowest BCUT2D eigenvalue weighted by Gasteiger charge is -2.69. The molecule has 0 spiro atoms. The lowest BCUT2D eigenvalue weighted by atomic mass is 9.35. The minimum Gasteiger partial charge on any atom is -0.393 e. The summed E-state index contributed by atoms with van der Waals surface area (Å²) in [4.78, 5) is 0. The van der Waals surface area contributed by atoms with Crippen LogP contribution in [0.1, 0.15) is 113 Å². The van der Waals surface area contributed by atoms with Gasteiger partial charge in [-0.1, -0.05) is 58.4 Å². The molecule has 1 nitrogen and oxygen atoms in total. The normalized spacial score (nSPS) is 48.3. The smallest absolute Gasteiger partial charge is 0.0594 e. The topological polar surface area (TPSA) is 20.2 Å². The van der Waals surface area contributed by atoms with Crippen LogP contribution in [0.15, 0.2) is 23.8 Å². The largest absolute Gasteiger partial charge is 0.393 e. The number of hydrogen-bond acceptors (Lipinski definition) is 1. The van der Waals surface area contributed by atoms with Gasteiger partial charge in [-0.15, -0.1) is 0 Å². The van der Waals surface area contributed by atoms with E-state index in [1.807, 2.05) is 0 Å². The molecular weight excluding hydrogens is 376 g/mol. The molecular formula is C30H50O. The molecule has 0 radical (unpaired) electrons. The average Bonchev–Trinajstić information content (AvgIpc) is 3.03. The Balaban J connectivity index is 1.59. The molecule has 0 heterocycles. The third-order valence-corrected chi connectivity index (χ3v) is 11.9. The van der Waals surface area contributed by atoms with Crippen molar-refractivity contribution < 1.29 is 5.11 Å². The lowest BCUT2D eigenvalue weighted by Crippen LogP contribution is -2.63. The van der Waals surface area contributed by atoms with Crippen LogP contribution >= 0.6 is 0 Å². The molecule has 4 rings (SSSR count). The standard InChI is InChI=1S/C30H50O/c1-20(2)10-9-11-21(3)22-14-18-29(7)23(22)12-13-25-28(6)17-16-26(31)27(4,5)24(28)15-19-30(25,29)8/h10,22-26,31H,3,9,11-19H2,1-2,4-8H3/t22-,23-,24+,25+,26+,28+,29-,30-/m1/s1. The summed E-state index contributed by atoms with van der Waals surface area (Å²) >= 11 is 0. The Morgan fingerprint density at radius 1 is 0.871 bits per heavy atom. The molecule has 1 heteroatoms. The Morgan fingerprint density at radius 2 is 1.55 bits per heavy atom. The van der Waals surface area contributed by atoms with Crippen molar-refractivity contribution in [3.05, 3.63) is 23.8 Å². The molecule has 0 aromatic rings. The van der Waals surface area contributed by atoms with Gasteiger partial charge in [0, 0.05) is 0 Å². The van der Waals surface area contributed by atoms with Crippen LogP contribution in [0.5, 0.6) is 0 Å². The maximum absolute atomic E-state index is 10.8. The number of fused-ring (bicyclic) bond motifs is 5. The first-order valence-electron chi connectivity index (χ1n) is 13.4. The van der Waals surface area contributed by atoms with Crippen LogP contribution in [0, 0.1) is 45.3 Å². The monoisotopic (exact) mass is 426 g/mol. The SMILES string of the molecule is C=C(CCC=C(C)C)[C@H]1CC[C@]2(C)[C@@H]1CC[C@H]1[C@@]3(C)CC[C@H](O)C(C)(C)[C@@H]3CC[C@]12C. The predicted molar refractivity (Wildman–Crippen MR) is 133 cm³/mol. The fourth-order valence-corrected chi connectivity index (χ4v) is 9.95. The number of hydrogen-bond donors (Lipinski definition) is 1. The highest BCUT2D eigenvalue weighted by Gasteiger charge is 2.68. The van der Waals surface area contributed by atoms with Gasteiger partial charge in [-0.05, 0) is 123 Å². The zero-order chi connectivity index (χ0) is 22.8. The molecule has 4 aliphatic carbocycles. The van der Waals surface area contributed by atoms with E-state index in [0.29, 0.717) is 22.2 Å². The van der Waals surface area contributed by atoms with Crippen LogP contribution < -0.4 is 0 Å². The highest BCUT2D eigenvalue weighted by Crippen LogP contribution is 2.75. The second-order valence-electron chi connectivity index (χ2n) is 13.7. The first kappa shape index (κ1) is 23.6. The number of aliphatic hydroxyl groups excluding tert-OH is 1. The molecule has 31 heavy (non-hydrogen) atoms. The van der Waals surface area contributed by atoms with E-state index in [0.717, 1.165) is 30.6 Å². The molecule has 0 aromatic carbocycles. The van der Waals surface area contributed by atoms with Gasteiger partial charge in [0.15, 0.2) is 0 Å². The Morgan fingerprint density at radius 3 is 2.23 bits per heavy atom. The van der Waals surface area contributed by atoms with E-state index in [2.05, 4.69) is 61.1 Å². The Hall–Kier alpha value is -0.560. The van der Waals surface area contributed by atoms with Gasteiger partial charge in [-0.3, -0.25) is 0 Å². The molecule has 0 saturated heterocycles. The molecule has 0 bridgehead atoms. The van der Waals surface area contributed by atoms with Crippen LogP contribution in [0.4, 0.5) is 0 Å². The summed E-state index contributed by atoms with van der Waals surface area (Å²) in [6, 6.07) is 0. The van der Waals surface area contributed by atoms with Gasteiger partial charge in [0.25, 0.3) is 0 Å². The van der Waals surface area contributed by atoms with Crippen LogP contribution in [-0.4, -0.2) is 11.2 Å². The van der Waals surface area contributed by atoms with Crippen LogP contribution in [0.3, 0.4) is 0 Å². The molecule has 176 valence electrons. The van der Waals surface area contributed by atoms with E-state index in [4.69, 9.17) is 0 Å². The molecule has 4 aliphatic rings. The number of rotatable bonds is 4. The fraction of sp³-hybridized carbons (Fsp3) is 0.867. The van der Waals surface area contributed by atoms with Crippen LogP contribution in [0.25, 0.3) is 0 Å². The van der Waals surface area contributed by atoms with E-state index >= 15 is 0 Å². The maximum atomic E-state index is 10.8. The number of allylic oxidation sites excluding steroid dienone is 3. The molecule has 0 unspecified atom stereocenters. The third-order valence-electron chi connectivity index (χ3n) is 11.9. The molecule has 8 atom stereocenters. The summed E-state index contributed by atoms with van der Waals surface area (Å²) in [5.41, 5.74) is 4.31. The second-order valence-corrected chi connectivity index (χ2v) is 13.7. The highest BCUT2D eigenvalue weighted by molar-refractivity contribution is 5.20. The van der Waals surface area contributed by atoms with Gasteiger partial charge in [0.1, 0.15) is 0 Å². The van der Waals surface area contributed by atoms with E-state index in [9.17, 15) is 5.11 Å². The van der Waals surface area contributed by atoms with Gasteiger partial charge >= 0.3 is 0 Å². The van der Waals surface area contributed by atoms with Crippen molar-refractivity contribution in [3.63, 3.8) is 0 Å². The summed E-state index contributed by atoms with van der Waals surface area (Å²) in [6.45, 7) is 21.8.